The van der Waals surface area contributed by atoms with Crippen LogP contribution < -0.4 is 0 Å². The number of carboxylic acid groups (broad SMARTS) is 1. The molecule has 2 atom stereocenters. The van der Waals surface area contributed by atoms with Crippen molar-refractivity contribution in [3.8, 4) is 0 Å². The molecule has 0 bridgehead atoms. The lowest BCUT2D eigenvalue weighted by Crippen LogP contribution is -2.15. The minimum absolute atomic E-state index is 0.0849. The predicted octanol–water partition coefficient (Wildman–Crippen LogP) is 1.95. The average molecular weight is 355 g/mol. The Hall–Kier alpha value is -0.370. The summed E-state index contributed by atoms with van der Waals surface area (Å²) < 4.78 is 13.8. The predicted molar refractivity (Wildman–Crippen MR) is 72.3 cm³/mol. The highest BCUT2D eigenvalue weighted by Gasteiger charge is 2.13. The van der Waals surface area contributed by atoms with E-state index in [1.54, 1.807) is 23.1 Å². The first-order valence-electron chi connectivity index (χ1n) is 4.83. The number of carboxylic acids is 1. The van der Waals surface area contributed by atoms with Crippen LogP contribution in [-0.4, -0.2) is 31.4 Å². The van der Waals surface area contributed by atoms with E-state index >= 15 is 0 Å². The van der Waals surface area contributed by atoms with Crippen molar-refractivity contribution in [3.05, 3.63) is 21.5 Å². The highest BCUT2D eigenvalue weighted by atomic mass is 127. The van der Waals surface area contributed by atoms with Gasteiger partial charge in [-0.1, -0.05) is 6.92 Å². The number of halogens is 1. The van der Waals surface area contributed by atoms with Crippen LogP contribution in [0.2, 0.25) is 0 Å². The fourth-order valence-electron chi connectivity index (χ4n) is 1.33. The van der Waals surface area contributed by atoms with Gasteiger partial charge in [0, 0.05) is 38.6 Å². The van der Waals surface area contributed by atoms with Crippen molar-refractivity contribution < 1.29 is 14.1 Å². The molecule has 6 heteroatoms. The van der Waals surface area contributed by atoms with Gasteiger partial charge in [-0.05, 0) is 35.1 Å². The summed E-state index contributed by atoms with van der Waals surface area (Å²) in [4.78, 5) is 10.9. The van der Waals surface area contributed by atoms with Gasteiger partial charge in [0.25, 0.3) is 0 Å². The van der Waals surface area contributed by atoms with Crippen molar-refractivity contribution in [2.75, 3.05) is 6.26 Å². The molecule has 16 heavy (non-hydrogen) atoms. The molecular weight excluding hydrogens is 341 g/mol. The first-order valence-corrected chi connectivity index (χ1v) is 7.53. The lowest BCUT2D eigenvalue weighted by molar-refractivity contribution is 0.0685. The van der Waals surface area contributed by atoms with E-state index in [2.05, 4.69) is 22.6 Å². The van der Waals surface area contributed by atoms with Crippen LogP contribution in [-0.2, 0) is 17.3 Å². The molecule has 1 rings (SSSR count). The first kappa shape index (κ1) is 13.7. The van der Waals surface area contributed by atoms with Gasteiger partial charge in [-0.25, -0.2) is 4.79 Å². The van der Waals surface area contributed by atoms with Crippen molar-refractivity contribution in [3.63, 3.8) is 0 Å². The minimum Gasteiger partial charge on any atom is -0.477 e. The van der Waals surface area contributed by atoms with Crippen LogP contribution in [0.4, 0.5) is 0 Å². The molecule has 4 nitrogen and oxygen atoms in total. The third-order valence-electron chi connectivity index (χ3n) is 2.43. The number of hydrogen-bond donors (Lipinski definition) is 1. The molecule has 1 heterocycles. The quantitative estimate of drug-likeness (QED) is 0.822. The smallest absolute Gasteiger partial charge is 0.352 e. The van der Waals surface area contributed by atoms with Gasteiger partial charge in [0.05, 0.1) is 0 Å². The van der Waals surface area contributed by atoms with E-state index in [1.807, 2.05) is 6.92 Å². The highest BCUT2D eigenvalue weighted by Crippen LogP contribution is 2.13. The number of aryl methyl sites for hydroxylation is 1. The largest absolute Gasteiger partial charge is 0.477 e. The van der Waals surface area contributed by atoms with Crippen molar-refractivity contribution in [1.82, 2.24) is 4.57 Å². The second-order valence-corrected chi connectivity index (χ2v) is 6.69. The standard InChI is InChI=1S/C10H14INO3S/c1-7(16(2)15)3-4-12-6-8(11)5-9(12)10(13)14/h5-7H,3-4H2,1-2H3,(H,13,14). The summed E-state index contributed by atoms with van der Waals surface area (Å²) >= 11 is 2.09. The van der Waals surface area contributed by atoms with Gasteiger partial charge in [-0.15, -0.1) is 0 Å². The second-order valence-electron chi connectivity index (χ2n) is 3.64. The Morgan fingerprint density at radius 3 is 2.81 bits per heavy atom. The molecule has 0 aliphatic carbocycles. The van der Waals surface area contributed by atoms with Crippen LogP contribution in [0.25, 0.3) is 0 Å². The molecule has 0 aliphatic heterocycles. The Bertz CT molecular complexity index is 416. The molecule has 0 saturated carbocycles. The minimum atomic E-state index is -0.923. The molecule has 0 amide bonds. The van der Waals surface area contributed by atoms with Gasteiger partial charge in [0.2, 0.25) is 0 Å². The van der Waals surface area contributed by atoms with Gasteiger partial charge in [0.1, 0.15) is 5.69 Å². The number of aromatic nitrogens is 1. The topological polar surface area (TPSA) is 59.3 Å². The summed E-state index contributed by atoms with van der Waals surface area (Å²) in [6.45, 7) is 2.50. The summed E-state index contributed by atoms with van der Waals surface area (Å²) in [6.07, 6.45) is 4.19. The summed E-state index contributed by atoms with van der Waals surface area (Å²) in [6, 6.07) is 1.64. The third kappa shape index (κ3) is 3.58. The fraction of sp³-hybridized carbons (Fsp3) is 0.500. The molecule has 0 radical (unpaired) electrons. The normalized spacial score (nSPS) is 14.7. The number of rotatable bonds is 5. The number of aromatic carboxylic acids is 1. The SMILES string of the molecule is CC(CCn1cc(I)cc1C(=O)O)S(C)=O. The van der Waals surface area contributed by atoms with Crippen molar-refractivity contribution >= 4 is 39.4 Å². The Morgan fingerprint density at radius 2 is 2.31 bits per heavy atom. The monoisotopic (exact) mass is 355 g/mol. The van der Waals surface area contributed by atoms with Gasteiger partial charge in [-0.3, -0.25) is 4.21 Å². The fourth-order valence-corrected chi connectivity index (χ4v) is 2.39. The second kappa shape index (κ2) is 5.81. The van der Waals surface area contributed by atoms with Crippen LogP contribution in [0.5, 0.6) is 0 Å². The summed E-state index contributed by atoms with van der Waals surface area (Å²) in [5.41, 5.74) is 0.290. The molecule has 2 unspecified atom stereocenters. The molecule has 1 aromatic rings. The zero-order valence-corrected chi connectivity index (χ0v) is 12.1. The number of hydrogen-bond acceptors (Lipinski definition) is 2. The highest BCUT2D eigenvalue weighted by molar-refractivity contribution is 14.1. The molecule has 0 fully saturated rings. The van der Waals surface area contributed by atoms with Crippen LogP contribution in [0.3, 0.4) is 0 Å². The van der Waals surface area contributed by atoms with E-state index in [9.17, 15) is 9.00 Å². The van der Waals surface area contributed by atoms with E-state index in [0.717, 1.165) is 3.57 Å². The number of carbonyl (C=O) groups is 1. The van der Waals surface area contributed by atoms with E-state index < -0.39 is 16.8 Å². The maximum Gasteiger partial charge on any atom is 0.352 e. The van der Waals surface area contributed by atoms with Crippen LogP contribution in [0.15, 0.2) is 12.3 Å². The summed E-state index contributed by atoms with van der Waals surface area (Å²) in [5, 5.41) is 9.05. The third-order valence-corrected chi connectivity index (χ3v) is 4.38. The van der Waals surface area contributed by atoms with Crippen LogP contribution in [0.1, 0.15) is 23.8 Å². The maximum absolute atomic E-state index is 11.2. The van der Waals surface area contributed by atoms with E-state index in [-0.39, 0.29) is 5.25 Å². The summed E-state index contributed by atoms with van der Waals surface area (Å²) in [7, 11) is -0.857. The molecule has 0 aliphatic rings. The average Bonchev–Trinajstić information content (AvgIpc) is 2.56. The Balaban J connectivity index is 2.73. The lowest BCUT2D eigenvalue weighted by atomic mass is 10.3. The van der Waals surface area contributed by atoms with E-state index in [4.69, 9.17) is 5.11 Å². The molecule has 0 spiro atoms. The molecular formula is C10H14INO3S. The Kier molecular flexibility index (Phi) is 4.97. The van der Waals surface area contributed by atoms with E-state index in [1.165, 1.54) is 0 Å². The van der Waals surface area contributed by atoms with Crippen molar-refractivity contribution in [2.24, 2.45) is 0 Å². The number of nitrogens with zero attached hydrogens (tertiary/aromatic N) is 1. The summed E-state index contributed by atoms with van der Waals surface area (Å²) in [5.74, 6) is -0.923. The van der Waals surface area contributed by atoms with Crippen molar-refractivity contribution in [2.45, 2.75) is 25.1 Å². The Labute approximate surface area is 111 Å². The Morgan fingerprint density at radius 1 is 1.69 bits per heavy atom. The molecule has 1 aromatic heterocycles. The van der Waals surface area contributed by atoms with E-state index in [0.29, 0.717) is 18.7 Å². The maximum atomic E-state index is 11.2. The van der Waals surface area contributed by atoms with Crippen molar-refractivity contribution in [1.29, 1.82) is 0 Å². The first-order chi connectivity index (χ1) is 7.41. The van der Waals surface area contributed by atoms with Gasteiger partial charge >= 0.3 is 5.97 Å². The lowest BCUT2D eigenvalue weighted by Gasteiger charge is -2.10. The molecule has 0 saturated heterocycles. The van der Waals surface area contributed by atoms with Gasteiger partial charge in [0.15, 0.2) is 0 Å². The molecule has 90 valence electrons. The molecule has 0 aromatic carbocycles. The van der Waals surface area contributed by atoms with Crippen LogP contribution in [0, 0.1) is 3.57 Å². The van der Waals surface area contributed by atoms with Crippen LogP contribution >= 0.6 is 22.6 Å². The zero-order chi connectivity index (χ0) is 12.3. The molecule has 1 N–H and O–H groups in total. The zero-order valence-electron chi connectivity index (χ0n) is 9.14. The van der Waals surface area contributed by atoms with Gasteiger partial charge in [-0.2, -0.15) is 0 Å². The van der Waals surface area contributed by atoms with Gasteiger partial charge < -0.3 is 9.67 Å².